The number of nitrogens with zero attached hydrogens (tertiary/aromatic N) is 1. The van der Waals surface area contributed by atoms with E-state index in [1.54, 1.807) is 25.1 Å². The molecule has 1 aliphatic rings. The zero-order valence-corrected chi connectivity index (χ0v) is 18.0. The van der Waals surface area contributed by atoms with Gasteiger partial charge >= 0.3 is 0 Å². The van der Waals surface area contributed by atoms with Crippen molar-refractivity contribution < 1.29 is 17.9 Å². The number of nitrogens with one attached hydrogen (secondary N) is 1. The lowest BCUT2D eigenvalue weighted by Crippen LogP contribution is -2.53. The number of sulfonamides is 1. The highest BCUT2D eigenvalue weighted by Crippen LogP contribution is 2.32. The lowest BCUT2D eigenvalue weighted by atomic mass is 9.81. The molecule has 0 aliphatic carbocycles. The quantitative estimate of drug-likeness (QED) is 0.733. The number of ether oxygens (including phenoxy) is 1. The molecule has 0 radical (unpaired) electrons. The normalized spacial score (nSPS) is 19.8. The van der Waals surface area contributed by atoms with Crippen molar-refractivity contribution in [3.63, 3.8) is 0 Å². The van der Waals surface area contributed by atoms with E-state index in [1.165, 1.54) is 11.4 Å². The fraction of sp³-hybridized carbons (Fsp3) is 0.611. The molecule has 1 aliphatic heterocycles. The number of hydrogen-bond donors (Lipinski definition) is 2. The molecule has 1 heterocycles. The molecule has 27 heavy (non-hydrogen) atoms. The summed E-state index contributed by atoms with van der Waals surface area (Å²) >= 11 is 0. The summed E-state index contributed by atoms with van der Waals surface area (Å²) in [6.45, 7) is 6.73. The third kappa shape index (κ3) is 5.34. The van der Waals surface area contributed by atoms with Gasteiger partial charge in [0, 0.05) is 37.7 Å². The number of piperidine rings is 1. The molecule has 1 aromatic rings. The number of rotatable bonds is 6. The van der Waals surface area contributed by atoms with Crippen molar-refractivity contribution in [3.8, 4) is 5.75 Å². The summed E-state index contributed by atoms with van der Waals surface area (Å²) in [7, 11) is -2.12. The molecule has 154 valence electrons. The Balaban J connectivity index is 0.00000364. The molecule has 7 nitrogen and oxygen atoms in total. The Morgan fingerprint density at radius 2 is 2.07 bits per heavy atom. The SMILES string of the molecule is CCC(=O)NCc1cc(S(=O)(=O)N2CCC(N)C(C)(C)C2)ccc1OC.Cl. The number of benzene rings is 1. The van der Waals surface area contributed by atoms with E-state index in [4.69, 9.17) is 10.5 Å². The summed E-state index contributed by atoms with van der Waals surface area (Å²) in [4.78, 5) is 11.7. The minimum absolute atomic E-state index is 0. The number of carbonyl (C=O) groups excluding carboxylic acids is 1. The minimum Gasteiger partial charge on any atom is -0.496 e. The third-order valence-corrected chi connectivity index (χ3v) is 6.81. The molecule has 1 atom stereocenters. The van der Waals surface area contributed by atoms with Crippen LogP contribution in [-0.4, -0.2) is 44.9 Å². The van der Waals surface area contributed by atoms with Crippen LogP contribution in [0, 0.1) is 5.41 Å². The van der Waals surface area contributed by atoms with Gasteiger partial charge in [-0.1, -0.05) is 20.8 Å². The summed E-state index contributed by atoms with van der Waals surface area (Å²) < 4.78 is 33.0. The summed E-state index contributed by atoms with van der Waals surface area (Å²) in [5.74, 6) is 0.438. The van der Waals surface area contributed by atoms with Crippen LogP contribution < -0.4 is 15.8 Å². The van der Waals surface area contributed by atoms with Crippen molar-refractivity contribution in [1.29, 1.82) is 0 Å². The van der Waals surface area contributed by atoms with E-state index < -0.39 is 10.0 Å². The Labute approximate surface area is 168 Å². The summed E-state index contributed by atoms with van der Waals surface area (Å²) in [5.41, 5.74) is 6.47. The summed E-state index contributed by atoms with van der Waals surface area (Å²) in [6.07, 6.45) is 0.991. The van der Waals surface area contributed by atoms with E-state index in [0.717, 1.165) is 0 Å². The molecular weight excluding hydrogens is 390 g/mol. The highest BCUT2D eigenvalue weighted by molar-refractivity contribution is 7.89. The van der Waals surface area contributed by atoms with Crippen molar-refractivity contribution in [1.82, 2.24) is 9.62 Å². The van der Waals surface area contributed by atoms with Crippen LogP contribution >= 0.6 is 12.4 Å². The van der Waals surface area contributed by atoms with Crippen LogP contribution in [0.25, 0.3) is 0 Å². The highest BCUT2D eigenvalue weighted by atomic mass is 35.5. The van der Waals surface area contributed by atoms with Crippen molar-refractivity contribution in [2.45, 2.75) is 51.1 Å². The first kappa shape index (κ1) is 23.7. The predicted octanol–water partition coefficient (Wildman–Crippen LogP) is 1.89. The van der Waals surface area contributed by atoms with E-state index in [2.05, 4.69) is 5.32 Å². The van der Waals surface area contributed by atoms with Gasteiger partial charge in [-0.3, -0.25) is 4.79 Å². The highest BCUT2D eigenvalue weighted by Gasteiger charge is 2.38. The number of carbonyl (C=O) groups is 1. The van der Waals surface area contributed by atoms with Crippen LogP contribution in [0.1, 0.15) is 39.2 Å². The average molecular weight is 420 g/mol. The maximum atomic E-state index is 13.1. The van der Waals surface area contributed by atoms with E-state index in [-0.39, 0.29) is 41.2 Å². The van der Waals surface area contributed by atoms with E-state index in [0.29, 0.717) is 37.2 Å². The van der Waals surface area contributed by atoms with Crippen molar-refractivity contribution in [2.75, 3.05) is 20.2 Å². The molecule has 1 fully saturated rings. The number of nitrogens with two attached hydrogens (primary N) is 1. The standard InChI is InChI=1S/C18H29N3O4S.ClH/c1-5-17(22)20-11-13-10-14(6-7-15(13)25-4)26(23,24)21-9-8-16(19)18(2,3)12-21;/h6-7,10,16H,5,8-9,11-12,19H2,1-4H3,(H,20,22);1H. The maximum Gasteiger partial charge on any atom is 0.243 e. The Morgan fingerprint density at radius 1 is 1.41 bits per heavy atom. The maximum absolute atomic E-state index is 13.1. The zero-order valence-electron chi connectivity index (χ0n) is 16.3. The molecule has 0 aromatic heterocycles. The van der Waals surface area contributed by atoms with Crippen LogP contribution in [0.3, 0.4) is 0 Å². The van der Waals surface area contributed by atoms with Crippen LogP contribution in [0.5, 0.6) is 5.75 Å². The van der Waals surface area contributed by atoms with Gasteiger partial charge in [-0.15, -0.1) is 12.4 Å². The van der Waals surface area contributed by atoms with Gasteiger partial charge in [-0.2, -0.15) is 4.31 Å². The van der Waals surface area contributed by atoms with Gasteiger partial charge in [0.2, 0.25) is 15.9 Å². The van der Waals surface area contributed by atoms with Gasteiger partial charge in [-0.05, 0) is 30.0 Å². The predicted molar refractivity (Wildman–Crippen MR) is 108 cm³/mol. The first-order chi connectivity index (χ1) is 12.1. The fourth-order valence-corrected chi connectivity index (χ4v) is 4.73. The van der Waals surface area contributed by atoms with Gasteiger partial charge in [0.1, 0.15) is 5.75 Å². The first-order valence-corrected chi connectivity index (χ1v) is 10.2. The van der Waals surface area contributed by atoms with Gasteiger partial charge in [-0.25, -0.2) is 8.42 Å². The van der Waals surface area contributed by atoms with Crippen molar-refractivity contribution in [3.05, 3.63) is 23.8 Å². The van der Waals surface area contributed by atoms with E-state index in [1.807, 2.05) is 13.8 Å². The summed E-state index contributed by atoms with van der Waals surface area (Å²) in [6, 6.07) is 4.72. The second-order valence-electron chi connectivity index (χ2n) is 7.33. The molecular formula is C18H30ClN3O4S. The molecule has 0 saturated carbocycles. The lowest BCUT2D eigenvalue weighted by molar-refractivity contribution is -0.120. The first-order valence-electron chi connectivity index (χ1n) is 8.81. The van der Waals surface area contributed by atoms with Crippen LogP contribution in [-0.2, 0) is 21.4 Å². The third-order valence-electron chi connectivity index (χ3n) is 4.96. The molecule has 1 aromatic carbocycles. The van der Waals surface area contributed by atoms with E-state index in [9.17, 15) is 13.2 Å². The van der Waals surface area contributed by atoms with Crippen molar-refractivity contribution in [2.24, 2.45) is 11.1 Å². The number of methoxy groups -OCH3 is 1. The smallest absolute Gasteiger partial charge is 0.243 e. The van der Waals surface area contributed by atoms with Gasteiger partial charge in [0.15, 0.2) is 0 Å². The van der Waals surface area contributed by atoms with Gasteiger partial charge in [0.25, 0.3) is 0 Å². The number of amides is 1. The molecule has 1 unspecified atom stereocenters. The molecule has 2 rings (SSSR count). The average Bonchev–Trinajstić information content (AvgIpc) is 2.61. The molecule has 0 bridgehead atoms. The topological polar surface area (TPSA) is 102 Å². The van der Waals surface area contributed by atoms with E-state index >= 15 is 0 Å². The van der Waals surface area contributed by atoms with Crippen LogP contribution in [0.2, 0.25) is 0 Å². The molecule has 9 heteroatoms. The number of halogens is 1. The Morgan fingerprint density at radius 3 is 2.63 bits per heavy atom. The van der Waals surface area contributed by atoms with Crippen LogP contribution in [0.4, 0.5) is 0 Å². The van der Waals surface area contributed by atoms with Crippen molar-refractivity contribution >= 4 is 28.3 Å². The largest absolute Gasteiger partial charge is 0.496 e. The lowest BCUT2D eigenvalue weighted by Gasteiger charge is -2.41. The minimum atomic E-state index is -3.64. The van der Waals surface area contributed by atoms with Gasteiger partial charge < -0.3 is 15.8 Å². The molecule has 1 saturated heterocycles. The number of hydrogen-bond acceptors (Lipinski definition) is 5. The molecule has 0 spiro atoms. The molecule has 1 amide bonds. The Hall–Kier alpha value is -1.35. The fourth-order valence-electron chi connectivity index (χ4n) is 3.05. The Bertz CT molecular complexity index is 768. The molecule has 3 N–H and O–H groups in total. The van der Waals surface area contributed by atoms with Crippen LogP contribution in [0.15, 0.2) is 23.1 Å². The monoisotopic (exact) mass is 419 g/mol. The second kappa shape index (κ2) is 9.23. The van der Waals surface area contributed by atoms with Gasteiger partial charge in [0.05, 0.1) is 12.0 Å². The summed E-state index contributed by atoms with van der Waals surface area (Å²) in [5, 5.41) is 2.76. The Kier molecular flexibility index (Phi) is 8.10. The zero-order chi connectivity index (χ0) is 19.5. The second-order valence-corrected chi connectivity index (χ2v) is 9.26.